The number of anilines is 1. The summed E-state index contributed by atoms with van der Waals surface area (Å²) in [6, 6.07) is 7.27. The molecule has 1 aromatic carbocycles. The SMILES string of the molecule is C.N#CCCCN1CCCN(c2csc3cc(F)ccc23)CC1. The van der Waals surface area contributed by atoms with Crippen molar-refractivity contribution >= 4 is 27.1 Å². The van der Waals surface area contributed by atoms with Gasteiger partial charge in [0.15, 0.2) is 0 Å². The molecule has 0 bridgehead atoms. The van der Waals surface area contributed by atoms with Crippen molar-refractivity contribution in [1.82, 2.24) is 4.90 Å². The van der Waals surface area contributed by atoms with Crippen molar-refractivity contribution in [2.45, 2.75) is 26.7 Å². The van der Waals surface area contributed by atoms with Gasteiger partial charge in [0, 0.05) is 41.5 Å². The van der Waals surface area contributed by atoms with Crippen LogP contribution in [-0.4, -0.2) is 37.6 Å². The molecular formula is C18H24FN3S. The predicted octanol–water partition coefficient (Wildman–Crippen LogP) is 4.49. The lowest BCUT2D eigenvalue weighted by Gasteiger charge is -2.23. The molecule has 2 aromatic rings. The summed E-state index contributed by atoms with van der Waals surface area (Å²) in [5.74, 6) is -0.166. The Morgan fingerprint density at radius 1 is 1.22 bits per heavy atom. The van der Waals surface area contributed by atoms with Crippen molar-refractivity contribution in [3.05, 3.63) is 29.4 Å². The number of nitrogens with zero attached hydrogens (tertiary/aromatic N) is 3. The number of halogens is 1. The van der Waals surface area contributed by atoms with E-state index in [1.54, 1.807) is 23.5 Å². The van der Waals surface area contributed by atoms with Gasteiger partial charge in [0.2, 0.25) is 0 Å². The van der Waals surface area contributed by atoms with E-state index in [2.05, 4.69) is 21.2 Å². The van der Waals surface area contributed by atoms with Gasteiger partial charge in [0.25, 0.3) is 0 Å². The van der Waals surface area contributed by atoms with Crippen LogP contribution in [0.4, 0.5) is 10.1 Å². The predicted molar refractivity (Wildman–Crippen MR) is 96.6 cm³/mol. The Kier molecular flexibility index (Phi) is 6.37. The largest absolute Gasteiger partial charge is 0.369 e. The first kappa shape index (κ1) is 17.7. The maximum absolute atomic E-state index is 13.3. The zero-order valence-electron chi connectivity index (χ0n) is 12.6. The molecule has 124 valence electrons. The van der Waals surface area contributed by atoms with Crippen molar-refractivity contribution in [3.8, 4) is 6.07 Å². The fourth-order valence-electron chi connectivity index (χ4n) is 3.05. The Bertz CT molecular complexity index is 676. The maximum atomic E-state index is 13.3. The molecule has 0 radical (unpaired) electrons. The van der Waals surface area contributed by atoms with Crippen molar-refractivity contribution < 1.29 is 4.39 Å². The fourth-order valence-corrected chi connectivity index (χ4v) is 4.04. The third kappa shape index (κ3) is 4.21. The molecule has 1 aliphatic heterocycles. The van der Waals surface area contributed by atoms with Crippen LogP contribution in [0.25, 0.3) is 10.1 Å². The molecule has 23 heavy (non-hydrogen) atoms. The second-order valence-corrected chi connectivity index (χ2v) is 6.62. The van der Waals surface area contributed by atoms with Gasteiger partial charge >= 0.3 is 0 Å². The van der Waals surface area contributed by atoms with E-state index in [9.17, 15) is 4.39 Å². The second-order valence-electron chi connectivity index (χ2n) is 5.71. The molecule has 1 aliphatic rings. The van der Waals surface area contributed by atoms with Gasteiger partial charge in [-0.3, -0.25) is 0 Å². The molecule has 1 aromatic heterocycles. The third-order valence-electron chi connectivity index (χ3n) is 4.21. The highest BCUT2D eigenvalue weighted by Crippen LogP contribution is 2.33. The molecule has 0 saturated carbocycles. The van der Waals surface area contributed by atoms with E-state index in [0.717, 1.165) is 55.7 Å². The molecule has 5 heteroatoms. The minimum atomic E-state index is -0.166. The van der Waals surface area contributed by atoms with Crippen LogP contribution >= 0.6 is 11.3 Å². The standard InChI is InChI=1S/C17H20FN3S.CH4/c18-14-4-5-15-16(13-22-17(15)12-14)21-9-3-8-20(10-11-21)7-2-1-6-19;/h4-5,12-13H,1-3,7-11H2;1H4. The number of hydrogen-bond donors (Lipinski definition) is 0. The van der Waals surface area contributed by atoms with E-state index in [4.69, 9.17) is 5.26 Å². The van der Waals surface area contributed by atoms with Gasteiger partial charge in [-0.25, -0.2) is 4.39 Å². The first-order valence-electron chi connectivity index (χ1n) is 7.79. The minimum absolute atomic E-state index is 0. The van der Waals surface area contributed by atoms with Crippen molar-refractivity contribution in [1.29, 1.82) is 5.26 Å². The lowest BCUT2D eigenvalue weighted by molar-refractivity contribution is 0.291. The Hall–Kier alpha value is -1.64. The summed E-state index contributed by atoms with van der Waals surface area (Å²) >= 11 is 1.61. The summed E-state index contributed by atoms with van der Waals surface area (Å²) in [4.78, 5) is 4.87. The van der Waals surface area contributed by atoms with E-state index in [1.807, 2.05) is 6.07 Å². The van der Waals surface area contributed by atoms with Crippen molar-refractivity contribution in [3.63, 3.8) is 0 Å². The van der Waals surface area contributed by atoms with Crippen LogP contribution in [-0.2, 0) is 0 Å². The zero-order valence-corrected chi connectivity index (χ0v) is 13.4. The summed E-state index contributed by atoms with van der Waals surface area (Å²) in [5, 5.41) is 11.9. The molecular weight excluding hydrogens is 309 g/mol. The van der Waals surface area contributed by atoms with Crippen LogP contribution in [0.1, 0.15) is 26.7 Å². The molecule has 0 N–H and O–H groups in total. The molecule has 3 nitrogen and oxygen atoms in total. The number of rotatable bonds is 4. The topological polar surface area (TPSA) is 30.3 Å². The van der Waals surface area contributed by atoms with E-state index >= 15 is 0 Å². The Balaban J connectivity index is 0.00000192. The maximum Gasteiger partial charge on any atom is 0.124 e. The molecule has 1 saturated heterocycles. The lowest BCUT2D eigenvalue weighted by Crippen LogP contribution is -2.31. The van der Waals surface area contributed by atoms with Gasteiger partial charge in [0.05, 0.1) is 11.8 Å². The van der Waals surface area contributed by atoms with Crippen molar-refractivity contribution in [2.24, 2.45) is 0 Å². The van der Waals surface area contributed by atoms with Crippen LogP contribution in [0.15, 0.2) is 23.6 Å². The minimum Gasteiger partial charge on any atom is -0.369 e. The molecule has 0 unspecified atom stereocenters. The van der Waals surface area contributed by atoms with Crippen LogP contribution in [0.5, 0.6) is 0 Å². The van der Waals surface area contributed by atoms with E-state index in [-0.39, 0.29) is 13.2 Å². The first-order chi connectivity index (χ1) is 10.8. The molecule has 0 atom stereocenters. The summed E-state index contributed by atoms with van der Waals surface area (Å²) in [5.41, 5.74) is 1.24. The van der Waals surface area contributed by atoms with E-state index in [0.29, 0.717) is 6.42 Å². The Morgan fingerprint density at radius 3 is 2.91 bits per heavy atom. The van der Waals surface area contributed by atoms with Crippen LogP contribution in [0, 0.1) is 17.1 Å². The first-order valence-corrected chi connectivity index (χ1v) is 8.67. The zero-order chi connectivity index (χ0) is 15.4. The molecule has 2 heterocycles. The summed E-state index contributed by atoms with van der Waals surface area (Å²) in [7, 11) is 0. The average Bonchev–Trinajstić information content (AvgIpc) is 2.78. The highest BCUT2D eigenvalue weighted by Gasteiger charge is 2.17. The lowest BCUT2D eigenvalue weighted by atomic mass is 10.2. The molecule has 0 spiro atoms. The summed E-state index contributed by atoms with van der Waals surface area (Å²) in [6.45, 7) is 5.17. The van der Waals surface area contributed by atoms with Gasteiger partial charge in [-0.15, -0.1) is 11.3 Å². The highest BCUT2D eigenvalue weighted by molar-refractivity contribution is 7.17. The monoisotopic (exact) mass is 333 g/mol. The van der Waals surface area contributed by atoms with Crippen LogP contribution in [0.2, 0.25) is 0 Å². The smallest absolute Gasteiger partial charge is 0.124 e. The quantitative estimate of drug-likeness (QED) is 0.772. The van der Waals surface area contributed by atoms with Gasteiger partial charge in [-0.1, -0.05) is 7.43 Å². The molecule has 3 rings (SSSR count). The molecule has 0 aliphatic carbocycles. The van der Waals surface area contributed by atoms with E-state index < -0.39 is 0 Å². The van der Waals surface area contributed by atoms with Gasteiger partial charge in [-0.05, 0) is 44.1 Å². The Labute approximate surface area is 141 Å². The number of unbranched alkanes of at least 4 members (excludes halogenated alkanes) is 1. The number of thiophene rings is 1. The number of hydrogen-bond acceptors (Lipinski definition) is 4. The molecule has 0 amide bonds. The third-order valence-corrected chi connectivity index (χ3v) is 5.14. The van der Waals surface area contributed by atoms with Gasteiger partial charge < -0.3 is 9.80 Å². The van der Waals surface area contributed by atoms with Gasteiger partial charge in [-0.2, -0.15) is 5.26 Å². The molecule has 1 fully saturated rings. The summed E-state index contributed by atoms with van der Waals surface area (Å²) in [6.07, 6.45) is 2.73. The summed E-state index contributed by atoms with van der Waals surface area (Å²) < 4.78 is 14.3. The number of benzene rings is 1. The second kappa shape index (κ2) is 8.28. The van der Waals surface area contributed by atoms with Gasteiger partial charge in [0.1, 0.15) is 5.82 Å². The number of nitriles is 1. The van der Waals surface area contributed by atoms with Crippen molar-refractivity contribution in [2.75, 3.05) is 37.6 Å². The highest BCUT2D eigenvalue weighted by atomic mass is 32.1. The normalized spacial score (nSPS) is 15.9. The van der Waals surface area contributed by atoms with Crippen LogP contribution in [0.3, 0.4) is 0 Å². The average molecular weight is 333 g/mol. The van der Waals surface area contributed by atoms with E-state index in [1.165, 1.54) is 5.69 Å². The fraction of sp³-hybridized carbons (Fsp3) is 0.500. The number of fused-ring (bicyclic) bond motifs is 1. The van der Waals surface area contributed by atoms with Crippen LogP contribution < -0.4 is 4.90 Å². The Morgan fingerprint density at radius 2 is 2.09 bits per heavy atom.